The first kappa shape index (κ1) is 15.0. The van der Waals surface area contributed by atoms with Gasteiger partial charge in [-0.1, -0.05) is 0 Å². The van der Waals surface area contributed by atoms with Crippen LogP contribution in [0.1, 0.15) is 12.2 Å². The van der Waals surface area contributed by atoms with Crippen molar-refractivity contribution in [3.05, 3.63) is 11.8 Å². The van der Waals surface area contributed by atoms with Crippen LogP contribution in [0.5, 0.6) is 5.88 Å². The third-order valence-electron chi connectivity index (χ3n) is 2.20. The highest BCUT2D eigenvalue weighted by molar-refractivity contribution is 5.84. The van der Waals surface area contributed by atoms with Gasteiger partial charge in [-0.05, 0) is 12.1 Å². The van der Waals surface area contributed by atoms with E-state index in [4.69, 9.17) is 19.1 Å². The summed E-state index contributed by atoms with van der Waals surface area (Å²) >= 11 is 0. The van der Waals surface area contributed by atoms with Crippen molar-refractivity contribution in [1.29, 1.82) is 0 Å². The number of rotatable bonds is 8. The number of methoxy groups -OCH3 is 1. The molecule has 1 amide bonds. The molecule has 1 atom stereocenters. The Kier molecular flexibility index (Phi) is 5.80. The minimum Gasteiger partial charge on any atom is -0.480 e. The number of aliphatic carboxylic acids is 1. The van der Waals surface area contributed by atoms with Gasteiger partial charge in [-0.3, -0.25) is 4.79 Å². The molecule has 1 rings (SSSR count). The molecule has 1 aromatic heterocycles. The maximum atomic E-state index is 11.5. The fraction of sp³-hybridized carbons (Fsp3) is 0.545. The summed E-state index contributed by atoms with van der Waals surface area (Å²) in [5, 5.41) is 14.8. The molecule has 0 aliphatic rings. The van der Waals surface area contributed by atoms with Crippen LogP contribution in [-0.4, -0.2) is 48.5 Å². The Balaban J connectivity index is 2.37. The molecule has 106 valence electrons. The zero-order chi connectivity index (χ0) is 14.3. The van der Waals surface area contributed by atoms with Gasteiger partial charge in [-0.15, -0.1) is 0 Å². The number of hydrogen-bond donors (Lipinski definition) is 2. The number of nitrogens with zero attached hydrogens (tertiary/aromatic N) is 1. The zero-order valence-corrected chi connectivity index (χ0v) is 10.7. The smallest absolute Gasteiger partial charge is 0.326 e. The lowest BCUT2D eigenvalue weighted by Crippen LogP contribution is -2.43. The van der Waals surface area contributed by atoms with E-state index in [1.807, 2.05) is 0 Å². The number of carboxylic acid groups (broad SMARTS) is 1. The summed E-state index contributed by atoms with van der Waals surface area (Å²) in [5.74, 6) is -0.942. The molecule has 0 fully saturated rings. The maximum absolute atomic E-state index is 11.5. The highest BCUT2D eigenvalue weighted by atomic mass is 16.5. The average Bonchev–Trinajstić information content (AvgIpc) is 2.77. The van der Waals surface area contributed by atoms with Gasteiger partial charge in [0.25, 0.3) is 11.8 Å². The van der Waals surface area contributed by atoms with Gasteiger partial charge >= 0.3 is 5.97 Å². The van der Waals surface area contributed by atoms with Gasteiger partial charge in [0, 0.05) is 26.2 Å². The van der Waals surface area contributed by atoms with Crippen LogP contribution in [0.3, 0.4) is 0 Å². The molecule has 8 nitrogen and oxygen atoms in total. The van der Waals surface area contributed by atoms with Gasteiger partial charge in [0.1, 0.15) is 11.8 Å². The third kappa shape index (κ3) is 5.38. The van der Waals surface area contributed by atoms with Crippen LogP contribution >= 0.6 is 0 Å². The number of nitrogens with one attached hydrogen (secondary N) is 1. The van der Waals surface area contributed by atoms with Crippen LogP contribution in [0.25, 0.3) is 0 Å². The molecule has 2 N–H and O–H groups in total. The van der Waals surface area contributed by atoms with Crippen molar-refractivity contribution in [1.82, 2.24) is 10.5 Å². The van der Waals surface area contributed by atoms with E-state index < -0.39 is 17.9 Å². The Hall–Kier alpha value is -2.09. The summed E-state index contributed by atoms with van der Waals surface area (Å²) in [5.41, 5.74) is 0. The number of ether oxygens (including phenoxy) is 2. The lowest BCUT2D eigenvalue weighted by molar-refractivity contribution is -0.142. The Morgan fingerprint density at radius 2 is 2.32 bits per heavy atom. The van der Waals surface area contributed by atoms with Gasteiger partial charge in [0.15, 0.2) is 6.61 Å². The molecular weight excluding hydrogens is 256 g/mol. The van der Waals surface area contributed by atoms with Crippen LogP contribution < -0.4 is 10.1 Å². The van der Waals surface area contributed by atoms with Crippen LogP contribution in [0.4, 0.5) is 0 Å². The highest BCUT2D eigenvalue weighted by Crippen LogP contribution is 2.09. The molecule has 19 heavy (non-hydrogen) atoms. The molecule has 0 spiro atoms. The maximum Gasteiger partial charge on any atom is 0.326 e. The van der Waals surface area contributed by atoms with Crippen molar-refractivity contribution in [2.45, 2.75) is 19.4 Å². The van der Waals surface area contributed by atoms with E-state index in [1.54, 1.807) is 6.92 Å². The van der Waals surface area contributed by atoms with E-state index in [0.29, 0.717) is 5.76 Å². The number of hydrogen-bond acceptors (Lipinski definition) is 6. The van der Waals surface area contributed by atoms with Crippen molar-refractivity contribution in [3.8, 4) is 5.88 Å². The minimum atomic E-state index is -1.12. The number of carbonyl (C=O) groups excluding carboxylic acids is 1. The lowest BCUT2D eigenvalue weighted by atomic mass is 10.2. The van der Waals surface area contributed by atoms with Crippen molar-refractivity contribution >= 4 is 11.9 Å². The van der Waals surface area contributed by atoms with Gasteiger partial charge in [-0.25, -0.2) is 4.79 Å². The molecule has 0 aliphatic heterocycles. The second kappa shape index (κ2) is 7.37. The summed E-state index contributed by atoms with van der Waals surface area (Å²) < 4.78 is 14.6. The number of carboxylic acids is 1. The second-order valence-electron chi connectivity index (χ2n) is 3.80. The van der Waals surface area contributed by atoms with E-state index >= 15 is 0 Å². The van der Waals surface area contributed by atoms with Crippen LogP contribution in [0, 0.1) is 6.92 Å². The molecule has 0 radical (unpaired) electrons. The van der Waals surface area contributed by atoms with Gasteiger partial charge in [0.05, 0.1) is 0 Å². The summed E-state index contributed by atoms with van der Waals surface area (Å²) in [4.78, 5) is 22.4. The fourth-order valence-corrected chi connectivity index (χ4v) is 1.28. The molecule has 8 heteroatoms. The quantitative estimate of drug-likeness (QED) is 0.683. The van der Waals surface area contributed by atoms with E-state index in [2.05, 4.69) is 10.5 Å². The second-order valence-corrected chi connectivity index (χ2v) is 3.80. The molecule has 1 aromatic rings. The van der Waals surface area contributed by atoms with Crippen LogP contribution in [-0.2, 0) is 14.3 Å². The first-order valence-electron chi connectivity index (χ1n) is 5.60. The molecular formula is C11H16N2O6. The first-order chi connectivity index (χ1) is 9.02. The predicted octanol–water partition coefficient (Wildman–Crippen LogP) is -0.0323. The largest absolute Gasteiger partial charge is 0.480 e. The molecule has 1 unspecified atom stereocenters. The first-order valence-corrected chi connectivity index (χ1v) is 5.60. The van der Waals surface area contributed by atoms with E-state index in [0.717, 1.165) is 0 Å². The third-order valence-corrected chi connectivity index (χ3v) is 2.20. The number of aromatic nitrogens is 1. The summed E-state index contributed by atoms with van der Waals surface area (Å²) in [6.45, 7) is 1.59. The monoisotopic (exact) mass is 272 g/mol. The summed E-state index contributed by atoms with van der Waals surface area (Å²) in [6, 6.07) is 0.516. The average molecular weight is 272 g/mol. The zero-order valence-electron chi connectivity index (χ0n) is 10.7. The SMILES string of the molecule is COCCC(NC(=O)COc1cc(C)on1)C(=O)O. The van der Waals surface area contributed by atoms with E-state index in [-0.39, 0.29) is 25.5 Å². The van der Waals surface area contributed by atoms with Crippen molar-refractivity contribution < 1.29 is 28.7 Å². The van der Waals surface area contributed by atoms with Gasteiger partial charge in [-0.2, -0.15) is 0 Å². The van der Waals surface area contributed by atoms with E-state index in [1.165, 1.54) is 13.2 Å². The lowest BCUT2D eigenvalue weighted by Gasteiger charge is -2.13. The minimum absolute atomic E-state index is 0.177. The molecule has 0 saturated heterocycles. The Labute approximate surface area is 109 Å². The van der Waals surface area contributed by atoms with Crippen molar-refractivity contribution in [2.75, 3.05) is 20.3 Å². The van der Waals surface area contributed by atoms with Crippen molar-refractivity contribution in [2.24, 2.45) is 0 Å². The number of aryl methyl sites for hydroxylation is 1. The highest BCUT2D eigenvalue weighted by Gasteiger charge is 2.19. The molecule has 0 aromatic carbocycles. The van der Waals surface area contributed by atoms with Gasteiger partial charge in [0.2, 0.25) is 0 Å². The number of carbonyl (C=O) groups is 2. The van der Waals surface area contributed by atoms with Crippen LogP contribution in [0.2, 0.25) is 0 Å². The number of amides is 1. The predicted molar refractivity (Wildman–Crippen MR) is 62.8 cm³/mol. The van der Waals surface area contributed by atoms with Crippen LogP contribution in [0.15, 0.2) is 10.6 Å². The Morgan fingerprint density at radius 3 is 2.84 bits per heavy atom. The van der Waals surface area contributed by atoms with Gasteiger partial charge < -0.3 is 24.4 Å². The molecule has 0 bridgehead atoms. The van der Waals surface area contributed by atoms with Crippen molar-refractivity contribution in [3.63, 3.8) is 0 Å². The van der Waals surface area contributed by atoms with E-state index in [9.17, 15) is 9.59 Å². The Bertz CT molecular complexity index is 431. The molecule has 0 aliphatic carbocycles. The molecule has 0 saturated carbocycles. The summed E-state index contributed by atoms with van der Waals surface area (Å²) in [7, 11) is 1.46. The topological polar surface area (TPSA) is 111 Å². The standard InChI is InChI=1S/C11H16N2O6/c1-7-5-10(13-19-7)18-6-9(14)12-8(11(15)16)3-4-17-2/h5,8H,3-4,6H2,1-2H3,(H,12,14)(H,15,16). The Morgan fingerprint density at radius 1 is 1.58 bits per heavy atom. The fourth-order valence-electron chi connectivity index (χ4n) is 1.28. The normalized spacial score (nSPS) is 11.9. The molecule has 1 heterocycles. The summed E-state index contributed by atoms with van der Waals surface area (Å²) in [6.07, 6.45) is 0.181.